The summed E-state index contributed by atoms with van der Waals surface area (Å²) in [6, 6.07) is 2.80. The maximum Gasteiger partial charge on any atom is 0.338 e. The van der Waals surface area contributed by atoms with Gasteiger partial charge in [-0.25, -0.2) is 13.6 Å². The highest BCUT2D eigenvalue weighted by atomic mass is 19.2. The van der Waals surface area contributed by atoms with Crippen LogP contribution in [0, 0.1) is 11.6 Å². The van der Waals surface area contributed by atoms with Crippen molar-refractivity contribution in [1.82, 2.24) is 4.90 Å². The van der Waals surface area contributed by atoms with E-state index in [0.29, 0.717) is 19.1 Å². The molecule has 1 aromatic rings. The molecule has 0 spiro atoms. The van der Waals surface area contributed by atoms with Crippen molar-refractivity contribution in [2.45, 2.75) is 26.3 Å². The van der Waals surface area contributed by atoms with E-state index in [1.807, 2.05) is 0 Å². The fraction of sp³-hybridized carbons (Fsp3) is 0.533. The first kappa shape index (κ1) is 15.7. The van der Waals surface area contributed by atoms with Crippen molar-refractivity contribution < 1.29 is 18.7 Å². The average molecular weight is 298 g/mol. The van der Waals surface area contributed by atoms with Gasteiger partial charge in [-0.15, -0.1) is 0 Å². The molecule has 1 N–H and O–H groups in total. The van der Waals surface area contributed by atoms with Crippen LogP contribution in [0.25, 0.3) is 0 Å². The van der Waals surface area contributed by atoms with Gasteiger partial charge in [-0.1, -0.05) is 13.8 Å². The van der Waals surface area contributed by atoms with Gasteiger partial charge in [-0.2, -0.15) is 0 Å². The number of carbonyl (C=O) groups is 1. The second kappa shape index (κ2) is 6.39. The summed E-state index contributed by atoms with van der Waals surface area (Å²) >= 11 is 0. The van der Waals surface area contributed by atoms with E-state index >= 15 is 0 Å². The standard InChI is InChI=1S/C15H20F2N2O2/c1-3-18(4-2)10-7-8-19(9-10)12-6-5-11(15(20)21)13(16)14(12)17/h5-6,10H,3-4,7-9H2,1-2H3,(H,20,21). The summed E-state index contributed by atoms with van der Waals surface area (Å²) in [7, 11) is 0. The van der Waals surface area contributed by atoms with Crippen molar-refractivity contribution in [3.05, 3.63) is 29.3 Å². The Labute approximate surface area is 123 Å². The third kappa shape index (κ3) is 3.00. The molecule has 1 saturated heterocycles. The molecule has 0 saturated carbocycles. The zero-order valence-electron chi connectivity index (χ0n) is 12.3. The fourth-order valence-corrected chi connectivity index (χ4v) is 2.95. The van der Waals surface area contributed by atoms with Crippen LogP contribution in [0.3, 0.4) is 0 Å². The van der Waals surface area contributed by atoms with E-state index < -0.39 is 23.2 Å². The zero-order chi connectivity index (χ0) is 15.6. The highest BCUT2D eigenvalue weighted by Gasteiger charge is 2.29. The van der Waals surface area contributed by atoms with Gasteiger partial charge < -0.3 is 10.0 Å². The molecular formula is C15H20F2N2O2. The molecule has 1 aliphatic rings. The first-order valence-corrected chi connectivity index (χ1v) is 7.19. The minimum absolute atomic E-state index is 0.146. The number of rotatable bonds is 5. The number of hydrogen-bond acceptors (Lipinski definition) is 3. The van der Waals surface area contributed by atoms with Crippen molar-refractivity contribution in [3.63, 3.8) is 0 Å². The third-order valence-electron chi connectivity index (χ3n) is 4.13. The van der Waals surface area contributed by atoms with E-state index in [0.717, 1.165) is 25.6 Å². The number of likely N-dealkylation sites (N-methyl/N-ethyl adjacent to an activating group) is 1. The topological polar surface area (TPSA) is 43.8 Å². The molecule has 0 radical (unpaired) electrons. The number of benzene rings is 1. The smallest absolute Gasteiger partial charge is 0.338 e. The Bertz CT molecular complexity index is 533. The molecule has 1 fully saturated rings. The molecule has 116 valence electrons. The molecule has 0 aromatic heterocycles. The van der Waals surface area contributed by atoms with E-state index in [2.05, 4.69) is 18.7 Å². The van der Waals surface area contributed by atoms with Gasteiger partial charge in [0.15, 0.2) is 11.6 Å². The van der Waals surface area contributed by atoms with Crippen LogP contribution in [0.4, 0.5) is 14.5 Å². The highest BCUT2D eigenvalue weighted by molar-refractivity contribution is 5.88. The molecule has 6 heteroatoms. The number of anilines is 1. The van der Waals surface area contributed by atoms with Crippen molar-refractivity contribution in [3.8, 4) is 0 Å². The zero-order valence-corrected chi connectivity index (χ0v) is 12.3. The van der Waals surface area contributed by atoms with Gasteiger partial charge in [0.2, 0.25) is 0 Å². The Kier molecular flexibility index (Phi) is 4.77. The fourth-order valence-electron chi connectivity index (χ4n) is 2.95. The number of carboxylic acids is 1. The Morgan fingerprint density at radius 3 is 2.57 bits per heavy atom. The van der Waals surface area contributed by atoms with Crippen molar-refractivity contribution in [1.29, 1.82) is 0 Å². The van der Waals surface area contributed by atoms with Crippen LogP contribution in [0.2, 0.25) is 0 Å². The SMILES string of the molecule is CCN(CC)C1CCN(c2ccc(C(=O)O)c(F)c2F)C1. The normalized spacial score (nSPS) is 18.5. The predicted molar refractivity (Wildman–Crippen MR) is 76.9 cm³/mol. The molecule has 0 aliphatic carbocycles. The maximum absolute atomic E-state index is 14.1. The van der Waals surface area contributed by atoms with Gasteiger partial charge in [0, 0.05) is 19.1 Å². The first-order valence-electron chi connectivity index (χ1n) is 7.19. The molecule has 1 heterocycles. The lowest BCUT2D eigenvalue weighted by Gasteiger charge is -2.26. The molecule has 1 unspecified atom stereocenters. The molecule has 0 amide bonds. The number of carboxylic acid groups (broad SMARTS) is 1. The van der Waals surface area contributed by atoms with Gasteiger partial charge in [-0.3, -0.25) is 4.90 Å². The monoisotopic (exact) mass is 298 g/mol. The van der Waals surface area contributed by atoms with Crippen LogP contribution in [0.1, 0.15) is 30.6 Å². The molecule has 21 heavy (non-hydrogen) atoms. The van der Waals surface area contributed by atoms with E-state index in [-0.39, 0.29) is 5.69 Å². The minimum Gasteiger partial charge on any atom is -0.478 e. The van der Waals surface area contributed by atoms with Crippen LogP contribution in [-0.4, -0.2) is 48.2 Å². The first-order chi connectivity index (χ1) is 9.99. The quantitative estimate of drug-likeness (QED) is 0.907. The van der Waals surface area contributed by atoms with Crippen LogP contribution in [0.5, 0.6) is 0 Å². The van der Waals surface area contributed by atoms with Crippen LogP contribution >= 0.6 is 0 Å². The second-order valence-electron chi connectivity index (χ2n) is 5.18. The van der Waals surface area contributed by atoms with Crippen molar-refractivity contribution in [2.75, 3.05) is 31.1 Å². The van der Waals surface area contributed by atoms with Gasteiger partial charge in [0.25, 0.3) is 0 Å². The molecule has 2 rings (SSSR count). The summed E-state index contributed by atoms with van der Waals surface area (Å²) < 4.78 is 27.8. The maximum atomic E-state index is 14.1. The Morgan fingerprint density at radius 1 is 1.33 bits per heavy atom. The van der Waals surface area contributed by atoms with Crippen molar-refractivity contribution in [2.24, 2.45) is 0 Å². The summed E-state index contributed by atoms with van der Waals surface area (Å²) in [5.74, 6) is -3.82. The predicted octanol–water partition coefficient (Wildman–Crippen LogP) is 2.58. The van der Waals surface area contributed by atoms with Crippen LogP contribution in [-0.2, 0) is 0 Å². The lowest BCUT2D eigenvalue weighted by molar-refractivity contribution is 0.0690. The molecule has 1 aromatic carbocycles. The van der Waals surface area contributed by atoms with Gasteiger partial charge in [-0.05, 0) is 31.6 Å². The summed E-state index contributed by atoms with van der Waals surface area (Å²) in [5.41, 5.74) is -0.483. The largest absolute Gasteiger partial charge is 0.478 e. The molecule has 1 aliphatic heterocycles. The van der Waals surface area contributed by atoms with Crippen LogP contribution in [0.15, 0.2) is 12.1 Å². The van der Waals surface area contributed by atoms with E-state index in [1.54, 1.807) is 4.90 Å². The van der Waals surface area contributed by atoms with E-state index in [1.165, 1.54) is 6.07 Å². The van der Waals surface area contributed by atoms with E-state index in [4.69, 9.17) is 5.11 Å². The molecule has 1 atom stereocenters. The Morgan fingerprint density at radius 2 is 2.00 bits per heavy atom. The summed E-state index contributed by atoms with van der Waals surface area (Å²) in [6.07, 6.45) is 0.892. The molecule has 0 bridgehead atoms. The number of nitrogens with zero attached hydrogens (tertiary/aromatic N) is 2. The van der Waals surface area contributed by atoms with Crippen molar-refractivity contribution >= 4 is 11.7 Å². The Hall–Kier alpha value is -1.69. The third-order valence-corrected chi connectivity index (χ3v) is 4.13. The van der Waals surface area contributed by atoms with E-state index in [9.17, 15) is 13.6 Å². The minimum atomic E-state index is -1.46. The lowest BCUT2D eigenvalue weighted by atomic mass is 10.1. The lowest BCUT2D eigenvalue weighted by Crippen LogP contribution is -2.37. The number of hydrogen-bond donors (Lipinski definition) is 1. The van der Waals surface area contributed by atoms with Gasteiger partial charge in [0.05, 0.1) is 11.3 Å². The molecular weight excluding hydrogens is 278 g/mol. The summed E-state index contributed by atoms with van der Waals surface area (Å²) in [4.78, 5) is 14.9. The number of aromatic carboxylic acids is 1. The Balaban J connectivity index is 2.21. The second-order valence-corrected chi connectivity index (χ2v) is 5.18. The van der Waals surface area contributed by atoms with Gasteiger partial charge in [0.1, 0.15) is 0 Å². The summed E-state index contributed by atoms with van der Waals surface area (Å²) in [6.45, 7) is 7.27. The number of halogens is 2. The summed E-state index contributed by atoms with van der Waals surface area (Å²) in [5, 5.41) is 8.80. The highest BCUT2D eigenvalue weighted by Crippen LogP contribution is 2.28. The van der Waals surface area contributed by atoms with Crippen LogP contribution < -0.4 is 4.90 Å². The average Bonchev–Trinajstić information content (AvgIpc) is 2.92. The molecule has 4 nitrogen and oxygen atoms in total. The van der Waals surface area contributed by atoms with Gasteiger partial charge >= 0.3 is 5.97 Å².